The molecule has 18 heavy (non-hydrogen) atoms. The fraction of sp³-hybridized carbons (Fsp3) is 0.846. The molecule has 102 valence electrons. The normalized spacial score (nSPS) is 27.8. The van der Waals surface area contributed by atoms with Crippen LogP contribution < -0.4 is 5.32 Å². The Bertz CT molecular complexity index is 328. The zero-order valence-electron chi connectivity index (χ0n) is 10.9. The molecule has 0 aromatic carbocycles. The van der Waals surface area contributed by atoms with E-state index >= 15 is 0 Å². The van der Waals surface area contributed by atoms with Crippen molar-refractivity contribution in [2.24, 2.45) is 5.92 Å². The Morgan fingerprint density at radius 3 is 2.61 bits per heavy atom. The first-order chi connectivity index (χ1) is 8.61. The standard InChI is InChI=1S/C13H22N2O3/c1-2-9-5-6-14-11(7-9)13(18)15(8-12(16)17)10-3-4-10/h9-11,14H,2-8H2,1H3,(H,16,17). The van der Waals surface area contributed by atoms with E-state index in [2.05, 4.69) is 12.2 Å². The number of aliphatic carboxylic acids is 1. The molecule has 1 heterocycles. The van der Waals surface area contributed by atoms with E-state index in [4.69, 9.17) is 5.11 Å². The summed E-state index contributed by atoms with van der Waals surface area (Å²) in [6, 6.07) is -0.0129. The number of carboxylic acid groups (broad SMARTS) is 1. The SMILES string of the molecule is CCC1CCNC(C(=O)N(CC(=O)O)C2CC2)C1. The van der Waals surface area contributed by atoms with E-state index < -0.39 is 5.97 Å². The lowest BCUT2D eigenvalue weighted by molar-refractivity contribution is -0.146. The summed E-state index contributed by atoms with van der Waals surface area (Å²) < 4.78 is 0. The van der Waals surface area contributed by atoms with Gasteiger partial charge in [0.2, 0.25) is 5.91 Å². The van der Waals surface area contributed by atoms with Gasteiger partial charge in [-0.3, -0.25) is 9.59 Å². The summed E-state index contributed by atoms with van der Waals surface area (Å²) in [5, 5.41) is 12.1. The Balaban J connectivity index is 1.96. The van der Waals surface area contributed by atoms with E-state index in [1.807, 2.05) is 0 Å². The van der Waals surface area contributed by atoms with Gasteiger partial charge in [-0.1, -0.05) is 13.3 Å². The van der Waals surface area contributed by atoms with Crippen LogP contribution in [0.3, 0.4) is 0 Å². The number of hydrogen-bond acceptors (Lipinski definition) is 3. The molecule has 2 fully saturated rings. The van der Waals surface area contributed by atoms with Gasteiger partial charge in [-0.15, -0.1) is 0 Å². The lowest BCUT2D eigenvalue weighted by Gasteiger charge is -2.32. The Kier molecular flexibility index (Phi) is 4.22. The van der Waals surface area contributed by atoms with Crippen molar-refractivity contribution in [3.63, 3.8) is 0 Å². The predicted molar refractivity (Wildman–Crippen MR) is 67.2 cm³/mol. The molecule has 0 spiro atoms. The zero-order valence-corrected chi connectivity index (χ0v) is 10.9. The van der Waals surface area contributed by atoms with Crippen LogP contribution in [-0.4, -0.2) is 47.1 Å². The number of nitrogens with zero attached hydrogens (tertiary/aromatic N) is 1. The fourth-order valence-electron chi connectivity index (χ4n) is 2.67. The van der Waals surface area contributed by atoms with Crippen LogP contribution in [0.25, 0.3) is 0 Å². The van der Waals surface area contributed by atoms with E-state index in [-0.39, 0.29) is 24.5 Å². The summed E-state index contributed by atoms with van der Waals surface area (Å²) in [7, 11) is 0. The Hall–Kier alpha value is -1.10. The Morgan fingerprint density at radius 1 is 1.33 bits per heavy atom. The number of amides is 1. The number of piperidine rings is 1. The molecule has 2 unspecified atom stereocenters. The lowest BCUT2D eigenvalue weighted by atomic mass is 9.90. The molecule has 2 N–H and O–H groups in total. The molecule has 1 aliphatic carbocycles. The number of carbonyl (C=O) groups excluding carboxylic acids is 1. The molecule has 2 atom stereocenters. The molecule has 5 heteroatoms. The number of rotatable bonds is 5. The van der Waals surface area contributed by atoms with Gasteiger partial charge in [0, 0.05) is 6.04 Å². The highest BCUT2D eigenvalue weighted by Gasteiger charge is 2.38. The van der Waals surface area contributed by atoms with Crippen molar-refractivity contribution < 1.29 is 14.7 Å². The predicted octanol–water partition coefficient (Wildman–Crippen LogP) is 0.840. The van der Waals surface area contributed by atoms with E-state index in [0.29, 0.717) is 5.92 Å². The molecular weight excluding hydrogens is 232 g/mol. The number of nitrogens with one attached hydrogen (secondary N) is 1. The molecule has 1 saturated heterocycles. The minimum atomic E-state index is -0.918. The average Bonchev–Trinajstić information content (AvgIpc) is 3.19. The maximum Gasteiger partial charge on any atom is 0.323 e. The van der Waals surface area contributed by atoms with Gasteiger partial charge in [0.15, 0.2) is 0 Å². The first-order valence-corrected chi connectivity index (χ1v) is 6.87. The van der Waals surface area contributed by atoms with E-state index in [1.165, 1.54) is 0 Å². The van der Waals surface area contributed by atoms with Crippen LogP contribution >= 0.6 is 0 Å². The van der Waals surface area contributed by atoms with Crippen LogP contribution in [0.15, 0.2) is 0 Å². The molecule has 1 aliphatic heterocycles. The van der Waals surface area contributed by atoms with Crippen molar-refractivity contribution in [2.45, 2.75) is 51.1 Å². The van der Waals surface area contributed by atoms with Crippen molar-refractivity contribution in [2.75, 3.05) is 13.1 Å². The number of carbonyl (C=O) groups is 2. The monoisotopic (exact) mass is 254 g/mol. The zero-order chi connectivity index (χ0) is 13.1. The molecule has 0 aromatic heterocycles. The maximum absolute atomic E-state index is 12.4. The second-order valence-electron chi connectivity index (χ2n) is 5.40. The summed E-state index contributed by atoms with van der Waals surface area (Å²) in [4.78, 5) is 24.8. The molecule has 0 aromatic rings. The van der Waals surface area contributed by atoms with Gasteiger partial charge in [-0.05, 0) is 38.1 Å². The van der Waals surface area contributed by atoms with E-state index in [1.54, 1.807) is 4.90 Å². The van der Waals surface area contributed by atoms with Crippen molar-refractivity contribution >= 4 is 11.9 Å². The van der Waals surface area contributed by atoms with Crippen molar-refractivity contribution in [3.8, 4) is 0 Å². The highest BCUT2D eigenvalue weighted by Crippen LogP contribution is 2.29. The smallest absolute Gasteiger partial charge is 0.323 e. The van der Waals surface area contributed by atoms with Crippen LogP contribution in [0.2, 0.25) is 0 Å². The van der Waals surface area contributed by atoms with E-state index in [0.717, 1.165) is 38.6 Å². The molecule has 5 nitrogen and oxygen atoms in total. The number of hydrogen-bond donors (Lipinski definition) is 2. The Labute approximate surface area is 108 Å². The second-order valence-corrected chi connectivity index (χ2v) is 5.40. The minimum Gasteiger partial charge on any atom is -0.480 e. The molecule has 2 aliphatic rings. The first kappa shape index (κ1) is 13.3. The minimum absolute atomic E-state index is 0.0157. The summed E-state index contributed by atoms with van der Waals surface area (Å²) >= 11 is 0. The van der Waals surface area contributed by atoms with Gasteiger partial charge in [0.1, 0.15) is 6.54 Å². The largest absolute Gasteiger partial charge is 0.480 e. The van der Waals surface area contributed by atoms with Gasteiger partial charge in [-0.2, -0.15) is 0 Å². The van der Waals surface area contributed by atoms with Gasteiger partial charge >= 0.3 is 5.97 Å². The Morgan fingerprint density at radius 2 is 2.06 bits per heavy atom. The molecule has 2 rings (SSSR count). The van der Waals surface area contributed by atoms with Crippen LogP contribution in [-0.2, 0) is 9.59 Å². The molecule has 0 radical (unpaired) electrons. The second kappa shape index (κ2) is 5.69. The molecule has 1 amide bonds. The van der Waals surface area contributed by atoms with Crippen LogP contribution in [0, 0.1) is 5.92 Å². The van der Waals surface area contributed by atoms with E-state index in [9.17, 15) is 9.59 Å². The molecular formula is C13H22N2O3. The third-order valence-electron chi connectivity index (χ3n) is 3.96. The molecule has 1 saturated carbocycles. The topological polar surface area (TPSA) is 69.6 Å². The highest BCUT2D eigenvalue weighted by atomic mass is 16.4. The summed E-state index contributed by atoms with van der Waals surface area (Å²) in [5.41, 5.74) is 0. The van der Waals surface area contributed by atoms with Crippen LogP contribution in [0.4, 0.5) is 0 Å². The van der Waals surface area contributed by atoms with Gasteiger partial charge < -0.3 is 15.3 Å². The van der Waals surface area contributed by atoms with Gasteiger partial charge in [-0.25, -0.2) is 0 Å². The summed E-state index contributed by atoms with van der Waals surface area (Å²) in [5.74, 6) is -0.345. The molecule has 0 bridgehead atoms. The van der Waals surface area contributed by atoms with Gasteiger partial charge in [0.25, 0.3) is 0 Å². The summed E-state index contributed by atoms with van der Waals surface area (Å²) in [6.45, 7) is 2.85. The average molecular weight is 254 g/mol. The summed E-state index contributed by atoms with van der Waals surface area (Å²) in [6.07, 6.45) is 4.94. The first-order valence-electron chi connectivity index (χ1n) is 6.87. The van der Waals surface area contributed by atoms with Crippen molar-refractivity contribution in [3.05, 3.63) is 0 Å². The fourth-order valence-corrected chi connectivity index (χ4v) is 2.67. The van der Waals surface area contributed by atoms with Crippen molar-refractivity contribution in [1.29, 1.82) is 0 Å². The third-order valence-corrected chi connectivity index (χ3v) is 3.96. The lowest BCUT2D eigenvalue weighted by Crippen LogP contribution is -2.52. The highest BCUT2D eigenvalue weighted by molar-refractivity contribution is 5.86. The van der Waals surface area contributed by atoms with Gasteiger partial charge in [0.05, 0.1) is 6.04 Å². The quantitative estimate of drug-likeness (QED) is 0.763. The maximum atomic E-state index is 12.4. The van der Waals surface area contributed by atoms with Crippen molar-refractivity contribution in [1.82, 2.24) is 10.2 Å². The number of carboxylic acids is 1. The van der Waals surface area contributed by atoms with Crippen LogP contribution in [0.1, 0.15) is 39.0 Å². The van der Waals surface area contributed by atoms with Crippen LogP contribution in [0.5, 0.6) is 0 Å². The third kappa shape index (κ3) is 3.22.